The van der Waals surface area contributed by atoms with Crippen molar-refractivity contribution < 1.29 is 9.13 Å². The van der Waals surface area contributed by atoms with Crippen LogP contribution in [-0.4, -0.2) is 26.8 Å². The van der Waals surface area contributed by atoms with Gasteiger partial charge in [0.2, 0.25) is 0 Å². The van der Waals surface area contributed by atoms with Crippen molar-refractivity contribution in [2.24, 2.45) is 5.92 Å². The Morgan fingerprint density at radius 1 is 1.61 bits per heavy atom. The molecular weight excluding hydrogens is 299 g/mol. The predicted octanol–water partition coefficient (Wildman–Crippen LogP) is 2.93. The first-order valence-electron chi connectivity index (χ1n) is 5.79. The van der Waals surface area contributed by atoms with Crippen molar-refractivity contribution >= 4 is 21.6 Å². The first kappa shape index (κ1) is 13.3. The molecule has 1 heterocycles. The van der Waals surface area contributed by atoms with E-state index in [0.717, 1.165) is 19.5 Å². The quantitative estimate of drug-likeness (QED) is 0.861. The van der Waals surface area contributed by atoms with E-state index in [2.05, 4.69) is 15.9 Å². The van der Waals surface area contributed by atoms with Crippen molar-refractivity contribution in [1.29, 1.82) is 5.26 Å². The fraction of sp³-hybridized carbons (Fsp3) is 0.462. The number of benzene rings is 1. The summed E-state index contributed by atoms with van der Waals surface area (Å²) in [5.74, 6) is 0.0935. The van der Waals surface area contributed by atoms with E-state index < -0.39 is 0 Å². The zero-order valence-corrected chi connectivity index (χ0v) is 11.7. The summed E-state index contributed by atoms with van der Waals surface area (Å²) < 4.78 is 19.5. The second-order valence-electron chi connectivity index (χ2n) is 4.43. The van der Waals surface area contributed by atoms with Gasteiger partial charge in [0, 0.05) is 26.1 Å². The van der Waals surface area contributed by atoms with E-state index in [9.17, 15) is 4.39 Å². The highest BCUT2D eigenvalue weighted by Gasteiger charge is 2.25. The molecule has 0 bridgehead atoms. The SMILES string of the molecule is COCC1CCN(c2ccc(C#N)c(Br)c2F)C1. The number of halogens is 2. The molecule has 1 unspecified atom stereocenters. The van der Waals surface area contributed by atoms with Crippen molar-refractivity contribution in [2.75, 3.05) is 31.7 Å². The number of rotatable bonds is 3. The number of nitrogens with zero attached hydrogens (tertiary/aromatic N) is 2. The minimum absolute atomic E-state index is 0.248. The summed E-state index contributed by atoms with van der Waals surface area (Å²) in [5, 5.41) is 8.83. The third-order valence-corrected chi connectivity index (χ3v) is 3.99. The molecule has 1 aromatic carbocycles. The van der Waals surface area contributed by atoms with Crippen LogP contribution >= 0.6 is 15.9 Å². The van der Waals surface area contributed by atoms with Crippen LogP contribution in [0.2, 0.25) is 0 Å². The molecule has 1 atom stereocenters. The first-order chi connectivity index (χ1) is 8.67. The number of methoxy groups -OCH3 is 1. The molecule has 1 aliphatic heterocycles. The van der Waals surface area contributed by atoms with Crippen molar-refractivity contribution in [1.82, 2.24) is 0 Å². The molecule has 5 heteroatoms. The Labute approximate surface area is 114 Å². The average Bonchev–Trinajstić information content (AvgIpc) is 2.81. The fourth-order valence-corrected chi connectivity index (χ4v) is 2.72. The maximum Gasteiger partial charge on any atom is 0.161 e. The minimum Gasteiger partial charge on any atom is -0.384 e. The summed E-state index contributed by atoms with van der Waals surface area (Å²) in [7, 11) is 1.68. The molecule has 0 radical (unpaired) electrons. The zero-order chi connectivity index (χ0) is 13.1. The molecule has 1 fully saturated rings. The Hall–Kier alpha value is -1.12. The molecular formula is C13H14BrFN2O. The van der Waals surface area contributed by atoms with Gasteiger partial charge in [-0.2, -0.15) is 5.26 Å². The second-order valence-corrected chi connectivity index (χ2v) is 5.22. The Balaban J connectivity index is 2.21. The van der Waals surface area contributed by atoms with Gasteiger partial charge < -0.3 is 9.64 Å². The molecule has 1 saturated heterocycles. The maximum atomic E-state index is 14.1. The third kappa shape index (κ3) is 2.50. The summed E-state index contributed by atoms with van der Waals surface area (Å²) >= 11 is 3.14. The zero-order valence-electron chi connectivity index (χ0n) is 10.1. The van der Waals surface area contributed by atoms with Crippen LogP contribution in [0.4, 0.5) is 10.1 Å². The molecule has 1 aromatic rings. The van der Waals surface area contributed by atoms with E-state index in [1.54, 1.807) is 19.2 Å². The lowest BCUT2D eigenvalue weighted by molar-refractivity contribution is 0.161. The molecule has 0 aromatic heterocycles. The molecule has 0 amide bonds. The van der Waals surface area contributed by atoms with Gasteiger partial charge in [0.05, 0.1) is 22.3 Å². The molecule has 18 heavy (non-hydrogen) atoms. The van der Waals surface area contributed by atoms with E-state index in [4.69, 9.17) is 10.00 Å². The third-order valence-electron chi connectivity index (χ3n) is 3.21. The normalized spacial score (nSPS) is 19.0. The first-order valence-corrected chi connectivity index (χ1v) is 6.58. The predicted molar refractivity (Wildman–Crippen MR) is 71.0 cm³/mol. The summed E-state index contributed by atoms with van der Waals surface area (Å²) in [5.41, 5.74) is 0.878. The van der Waals surface area contributed by atoms with Crippen LogP contribution in [0, 0.1) is 23.1 Å². The van der Waals surface area contributed by atoms with Crippen molar-refractivity contribution in [3.05, 3.63) is 28.0 Å². The highest BCUT2D eigenvalue weighted by Crippen LogP contribution is 2.32. The largest absolute Gasteiger partial charge is 0.384 e. The Morgan fingerprint density at radius 3 is 3.06 bits per heavy atom. The van der Waals surface area contributed by atoms with Gasteiger partial charge in [-0.05, 0) is 34.5 Å². The van der Waals surface area contributed by atoms with E-state index in [-0.39, 0.29) is 10.3 Å². The van der Waals surface area contributed by atoms with Gasteiger partial charge in [-0.25, -0.2) is 4.39 Å². The van der Waals surface area contributed by atoms with Gasteiger partial charge in [-0.15, -0.1) is 0 Å². The lowest BCUT2D eigenvalue weighted by atomic mass is 10.1. The topological polar surface area (TPSA) is 36.3 Å². The molecule has 0 aliphatic carbocycles. The van der Waals surface area contributed by atoms with E-state index in [0.29, 0.717) is 23.8 Å². The van der Waals surface area contributed by atoms with Gasteiger partial charge >= 0.3 is 0 Å². The minimum atomic E-state index is -0.355. The van der Waals surface area contributed by atoms with Crippen molar-refractivity contribution in [3.63, 3.8) is 0 Å². The number of ether oxygens (including phenoxy) is 1. The van der Waals surface area contributed by atoms with Gasteiger partial charge in [0.15, 0.2) is 5.82 Å². The molecule has 2 rings (SSSR count). The molecule has 3 nitrogen and oxygen atoms in total. The molecule has 0 spiro atoms. The van der Waals surface area contributed by atoms with Crippen LogP contribution in [0.15, 0.2) is 16.6 Å². The van der Waals surface area contributed by atoms with E-state index >= 15 is 0 Å². The Bertz CT molecular complexity index is 487. The van der Waals surface area contributed by atoms with Gasteiger partial charge in [0.1, 0.15) is 6.07 Å². The summed E-state index contributed by atoms with van der Waals surface area (Å²) in [6, 6.07) is 5.28. The lowest BCUT2D eigenvalue weighted by Crippen LogP contribution is -2.22. The lowest BCUT2D eigenvalue weighted by Gasteiger charge is -2.20. The van der Waals surface area contributed by atoms with Gasteiger partial charge in [0.25, 0.3) is 0 Å². The number of anilines is 1. The number of hydrogen-bond donors (Lipinski definition) is 0. The van der Waals surface area contributed by atoms with E-state index in [1.165, 1.54) is 0 Å². The monoisotopic (exact) mass is 312 g/mol. The second kappa shape index (κ2) is 5.68. The van der Waals surface area contributed by atoms with Crippen LogP contribution < -0.4 is 4.90 Å². The molecule has 0 saturated carbocycles. The standard InChI is InChI=1S/C13H14BrFN2O/c1-18-8-9-4-5-17(7-9)11-3-2-10(6-16)12(14)13(11)15/h2-3,9H,4-5,7-8H2,1H3. The summed E-state index contributed by atoms with van der Waals surface area (Å²) in [6.07, 6.45) is 1.00. The highest BCUT2D eigenvalue weighted by molar-refractivity contribution is 9.10. The highest BCUT2D eigenvalue weighted by atomic mass is 79.9. The maximum absolute atomic E-state index is 14.1. The summed E-state index contributed by atoms with van der Waals surface area (Å²) in [4.78, 5) is 2.00. The van der Waals surface area contributed by atoms with Gasteiger partial charge in [-0.1, -0.05) is 0 Å². The van der Waals surface area contributed by atoms with Crippen LogP contribution in [-0.2, 0) is 4.74 Å². The smallest absolute Gasteiger partial charge is 0.161 e. The number of hydrogen-bond acceptors (Lipinski definition) is 3. The fourth-order valence-electron chi connectivity index (χ4n) is 2.29. The van der Waals surface area contributed by atoms with Crippen LogP contribution in [0.3, 0.4) is 0 Å². The number of nitriles is 1. The van der Waals surface area contributed by atoms with Crippen molar-refractivity contribution in [3.8, 4) is 6.07 Å². The van der Waals surface area contributed by atoms with Crippen LogP contribution in [0.25, 0.3) is 0 Å². The van der Waals surface area contributed by atoms with Crippen molar-refractivity contribution in [2.45, 2.75) is 6.42 Å². The van der Waals surface area contributed by atoms with Gasteiger partial charge in [-0.3, -0.25) is 0 Å². The summed E-state index contributed by atoms with van der Waals surface area (Å²) in [6.45, 7) is 2.32. The molecule has 0 N–H and O–H groups in total. The Kier molecular flexibility index (Phi) is 4.20. The van der Waals surface area contributed by atoms with Crippen LogP contribution in [0.5, 0.6) is 0 Å². The average molecular weight is 313 g/mol. The van der Waals surface area contributed by atoms with E-state index in [1.807, 2.05) is 11.0 Å². The van der Waals surface area contributed by atoms with Crippen LogP contribution in [0.1, 0.15) is 12.0 Å². The molecule has 1 aliphatic rings. The Morgan fingerprint density at radius 2 is 2.39 bits per heavy atom. The molecule has 96 valence electrons.